The first-order valence-electron chi connectivity index (χ1n) is 9.32. The van der Waals surface area contributed by atoms with Crippen LogP contribution in [0.1, 0.15) is 58.4 Å². The lowest BCUT2D eigenvalue weighted by Crippen LogP contribution is -2.44. The predicted molar refractivity (Wildman–Crippen MR) is 98.0 cm³/mol. The Morgan fingerprint density at radius 1 is 1.07 bits per heavy atom. The third-order valence-corrected chi connectivity index (χ3v) is 5.73. The minimum atomic E-state index is -4.51. The van der Waals surface area contributed by atoms with Crippen molar-refractivity contribution < 1.29 is 22.8 Å². The summed E-state index contributed by atoms with van der Waals surface area (Å²) in [7, 11) is 0. The van der Waals surface area contributed by atoms with E-state index in [1.807, 2.05) is 0 Å². The molecule has 27 heavy (non-hydrogen) atoms. The van der Waals surface area contributed by atoms with E-state index in [0.29, 0.717) is 5.92 Å². The minimum absolute atomic E-state index is 0.0571. The Labute approximate surface area is 157 Å². The smallest absolute Gasteiger partial charge is 0.345 e. The molecule has 7 heteroatoms. The van der Waals surface area contributed by atoms with Gasteiger partial charge < -0.3 is 10.6 Å². The molecule has 4 nitrogen and oxygen atoms in total. The van der Waals surface area contributed by atoms with Crippen molar-refractivity contribution in [1.82, 2.24) is 5.32 Å². The van der Waals surface area contributed by atoms with E-state index < -0.39 is 23.6 Å². The summed E-state index contributed by atoms with van der Waals surface area (Å²) < 4.78 is 38.2. The van der Waals surface area contributed by atoms with Crippen molar-refractivity contribution in [2.24, 2.45) is 11.3 Å². The molecular formula is C20H27F3N2O2. The zero-order chi connectivity index (χ0) is 20.2. The number of halogens is 3. The highest BCUT2D eigenvalue weighted by Gasteiger charge is 2.33. The molecule has 1 aromatic rings. The maximum atomic E-state index is 12.7. The Balaban J connectivity index is 1.88. The number of anilines is 1. The second-order valence-corrected chi connectivity index (χ2v) is 7.90. The van der Waals surface area contributed by atoms with Crippen molar-refractivity contribution in [2.45, 2.75) is 65.1 Å². The molecule has 0 unspecified atom stereocenters. The van der Waals surface area contributed by atoms with Crippen LogP contribution in [0.25, 0.3) is 0 Å². The molecule has 0 atom stereocenters. The van der Waals surface area contributed by atoms with E-state index in [1.165, 1.54) is 12.1 Å². The van der Waals surface area contributed by atoms with Crippen LogP contribution < -0.4 is 10.6 Å². The van der Waals surface area contributed by atoms with Crippen LogP contribution in [0.3, 0.4) is 0 Å². The molecule has 1 aliphatic carbocycles. The van der Waals surface area contributed by atoms with E-state index in [-0.39, 0.29) is 17.1 Å². The number of alkyl halides is 3. The summed E-state index contributed by atoms with van der Waals surface area (Å²) in [5, 5.41) is 4.94. The summed E-state index contributed by atoms with van der Waals surface area (Å²) in [4.78, 5) is 24.1. The summed E-state index contributed by atoms with van der Waals surface area (Å²) in [6.45, 7) is 6.67. The second-order valence-electron chi connectivity index (χ2n) is 7.90. The number of carbonyl (C=O) groups is 2. The van der Waals surface area contributed by atoms with E-state index in [2.05, 4.69) is 31.4 Å². The normalized spacial score (nSPS) is 20.8. The number of hydrogen-bond acceptors (Lipinski definition) is 2. The molecule has 1 aliphatic rings. The zero-order valence-electron chi connectivity index (χ0n) is 16.0. The monoisotopic (exact) mass is 384 g/mol. The first-order valence-corrected chi connectivity index (χ1v) is 9.32. The summed E-state index contributed by atoms with van der Waals surface area (Å²) in [6.07, 6.45) is 0.164. The van der Waals surface area contributed by atoms with Gasteiger partial charge in [0.25, 0.3) is 0 Å². The maximum absolute atomic E-state index is 12.7. The highest BCUT2D eigenvalue weighted by Crippen LogP contribution is 2.40. The summed E-state index contributed by atoms with van der Waals surface area (Å²) in [6, 6.07) is 4.15. The molecule has 2 rings (SSSR count). The van der Waals surface area contributed by atoms with E-state index in [9.17, 15) is 22.8 Å². The van der Waals surface area contributed by atoms with Crippen LogP contribution in [0.5, 0.6) is 0 Å². The molecule has 0 radical (unpaired) electrons. The van der Waals surface area contributed by atoms with Crippen molar-refractivity contribution in [3.05, 3.63) is 29.8 Å². The van der Waals surface area contributed by atoms with Crippen molar-refractivity contribution in [1.29, 1.82) is 0 Å². The molecule has 0 aliphatic heterocycles. The number of hydrogen-bond donors (Lipinski definition) is 2. The van der Waals surface area contributed by atoms with Crippen LogP contribution >= 0.6 is 0 Å². The Hall–Kier alpha value is -2.05. The van der Waals surface area contributed by atoms with Gasteiger partial charge in [0.2, 0.25) is 0 Å². The Bertz CT molecular complexity index is 678. The van der Waals surface area contributed by atoms with Gasteiger partial charge in [0.1, 0.15) is 0 Å². The van der Waals surface area contributed by atoms with Gasteiger partial charge in [-0.15, -0.1) is 0 Å². The van der Waals surface area contributed by atoms with Crippen LogP contribution in [0.4, 0.5) is 18.9 Å². The van der Waals surface area contributed by atoms with Gasteiger partial charge in [0, 0.05) is 11.7 Å². The molecule has 2 N–H and O–H groups in total. The third-order valence-electron chi connectivity index (χ3n) is 5.73. The molecule has 0 spiro atoms. The fraction of sp³-hybridized carbons (Fsp3) is 0.600. The van der Waals surface area contributed by atoms with Gasteiger partial charge in [0.05, 0.1) is 5.56 Å². The fourth-order valence-electron chi connectivity index (χ4n) is 3.52. The van der Waals surface area contributed by atoms with Crippen LogP contribution in [0, 0.1) is 11.3 Å². The van der Waals surface area contributed by atoms with Gasteiger partial charge >= 0.3 is 18.0 Å². The predicted octanol–water partition coefficient (Wildman–Crippen LogP) is 4.76. The van der Waals surface area contributed by atoms with Crippen molar-refractivity contribution >= 4 is 17.5 Å². The topological polar surface area (TPSA) is 58.2 Å². The highest BCUT2D eigenvalue weighted by molar-refractivity contribution is 6.39. The van der Waals surface area contributed by atoms with Crippen LogP contribution in [0.2, 0.25) is 0 Å². The lowest BCUT2D eigenvalue weighted by atomic mass is 9.69. The van der Waals surface area contributed by atoms with Crippen LogP contribution in [-0.4, -0.2) is 17.9 Å². The number of rotatable bonds is 4. The first kappa shape index (κ1) is 21.3. The molecule has 150 valence electrons. The zero-order valence-corrected chi connectivity index (χ0v) is 16.0. The molecule has 0 heterocycles. The third kappa shape index (κ3) is 5.71. The van der Waals surface area contributed by atoms with Crippen molar-refractivity contribution in [2.75, 3.05) is 5.32 Å². The van der Waals surface area contributed by atoms with Crippen molar-refractivity contribution in [3.63, 3.8) is 0 Å². The molecular weight excluding hydrogens is 357 g/mol. The van der Waals surface area contributed by atoms with Gasteiger partial charge in [-0.25, -0.2) is 0 Å². The number of amides is 2. The van der Waals surface area contributed by atoms with Crippen LogP contribution in [0.15, 0.2) is 24.3 Å². The van der Waals surface area contributed by atoms with Gasteiger partial charge in [0.15, 0.2) is 0 Å². The maximum Gasteiger partial charge on any atom is 0.416 e. The molecule has 1 fully saturated rings. The van der Waals surface area contributed by atoms with Gasteiger partial charge in [-0.05, 0) is 55.2 Å². The van der Waals surface area contributed by atoms with E-state index in [1.54, 1.807) is 0 Å². The van der Waals surface area contributed by atoms with Crippen molar-refractivity contribution in [3.8, 4) is 0 Å². The average Bonchev–Trinajstić information content (AvgIpc) is 2.61. The lowest BCUT2D eigenvalue weighted by molar-refractivity contribution is -0.137. The number of nitrogens with one attached hydrogen (secondary N) is 2. The quantitative estimate of drug-likeness (QED) is 0.736. The molecule has 0 aromatic heterocycles. The Kier molecular flexibility index (Phi) is 6.54. The summed E-state index contributed by atoms with van der Waals surface area (Å²) >= 11 is 0. The van der Waals surface area contributed by atoms with Gasteiger partial charge in [-0.3, -0.25) is 9.59 Å². The summed E-state index contributed by atoms with van der Waals surface area (Å²) in [5.74, 6) is -1.18. The molecule has 1 aromatic carbocycles. The van der Waals surface area contributed by atoms with Gasteiger partial charge in [-0.2, -0.15) is 13.2 Å². The SMILES string of the molecule is CCC(C)(C)C1CCC(NC(=O)C(=O)Nc2cccc(C(F)(F)F)c2)CC1. The fourth-order valence-corrected chi connectivity index (χ4v) is 3.52. The molecule has 2 amide bonds. The Morgan fingerprint density at radius 3 is 2.26 bits per heavy atom. The lowest BCUT2D eigenvalue weighted by Gasteiger charge is -2.39. The molecule has 0 bridgehead atoms. The first-order chi connectivity index (χ1) is 12.5. The highest BCUT2D eigenvalue weighted by atomic mass is 19.4. The number of carbonyl (C=O) groups excluding carboxylic acids is 2. The van der Waals surface area contributed by atoms with Gasteiger partial charge in [-0.1, -0.05) is 33.3 Å². The van der Waals surface area contributed by atoms with E-state index >= 15 is 0 Å². The molecule has 1 saturated carbocycles. The molecule has 0 saturated heterocycles. The average molecular weight is 384 g/mol. The number of benzene rings is 1. The van der Waals surface area contributed by atoms with E-state index in [4.69, 9.17) is 0 Å². The minimum Gasteiger partial charge on any atom is -0.345 e. The Morgan fingerprint density at radius 2 is 1.70 bits per heavy atom. The van der Waals surface area contributed by atoms with E-state index in [0.717, 1.165) is 44.2 Å². The largest absolute Gasteiger partial charge is 0.416 e. The standard InChI is InChI=1S/C20H27F3N2O2/c1-4-19(2,3)13-8-10-15(11-9-13)24-17(26)18(27)25-16-7-5-6-14(12-16)20(21,22)23/h5-7,12-13,15H,4,8-11H2,1-3H3,(H,24,26)(H,25,27). The van der Waals surface area contributed by atoms with Crippen LogP contribution in [-0.2, 0) is 15.8 Å². The summed E-state index contributed by atoms with van der Waals surface area (Å²) in [5.41, 5.74) is -0.675. The second kappa shape index (κ2) is 8.31.